The minimum atomic E-state index is 0.242. The third kappa shape index (κ3) is 2.22. The zero-order valence-corrected chi connectivity index (χ0v) is 11.2. The molecule has 0 bridgehead atoms. The first-order chi connectivity index (χ1) is 10.2. The normalized spacial score (nSPS) is 10.5. The van der Waals surface area contributed by atoms with Crippen molar-refractivity contribution in [2.45, 2.75) is 0 Å². The van der Waals surface area contributed by atoms with Crippen LogP contribution in [0, 0.1) is 5.41 Å². The third-order valence-electron chi connectivity index (χ3n) is 3.07. The van der Waals surface area contributed by atoms with E-state index in [0.717, 1.165) is 17.1 Å². The molecule has 0 saturated carbocycles. The van der Waals surface area contributed by atoms with Gasteiger partial charge in [0.05, 0.1) is 30.1 Å². The molecule has 1 aromatic carbocycles. The fourth-order valence-corrected chi connectivity index (χ4v) is 2.02. The molecule has 0 unspecified atom stereocenters. The molecule has 8 nitrogen and oxygen atoms in total. The van der Waals surface area contributed by atoms with Gasteiger partial charge in [0.2, 0.25) is 0 Å². The molecule has 2 heterocycles. The molecule has 0 spiro atoms. The van der Waals surface area contributed by atoms with Crippen molar-refractivity contribution >= 4 is 34.4 Å². The molecule has 0 fully saturated rings. The number of rotatable bonds is 4. The van der Waals surface area contributed by atoms with E-state index in [9.17, 15) is 0 Å². The van der Waals surface area contributed by atoms with E-state index in [0.29, 0.717) is 22.8 Å². The van der Waals surface area contributed by atoms with Gasteiger partial charge >= 0.3 is 0 Å². The molecule has 2 aromatic heterocycles. The van der Waals surface area contributed by atoms with Gasteiger partial charge in [0.1, 0.15) is 23.7 Å². The van der Waals surface area contributed by atoms with E-state index in [1.165, 1.54) is 6.33 Å². The summed E-state index contributed by atoms with van der Waals surface area (Å²) < 4.78 is 5.36. The number of fused-ring (bicyclic) bond motifs is 1. The summed E-state index contributed by atoms with van der Waals surface area (Å²) in [7, 11) is 1.58. The van der Waals surface area contributed by atoms with Crippen LogP contribution in [0.3, 0.4) is 0 Å². The van der Waals surface area contributed by atoms with E-state index < -0.39 is 0 Å². The van der Waals surface area contributed by atoms with E-state index in [1.807, 2.05) is 12.1 Å². The van der Waals surface area contributed by atoms with Crippen molar-refractivity contribution in [3.8, 4) is 5.75 Å². The zero-order valence-electron chi connectivity index (χ0n) is 11.2. The molecular formula is C13H13N7O. The Kier molecular flexibility index (Phi) is 3.11. The highest BCUT2D eigenvalue weighted by Gasteiger charge is 2.11. The summed E-state index contributed by atoms with van der Waals surface area (Å²) in [6.07, 6.45) is 4.17. The van der Waals surface area contributed by atoms with Gasteiger partial charge in [0.15, 0.2) is 0 Å². The van der Waals surface area contributed by atoms with Crippen LogP contribution in [0.15, 0.2) is 24.7 Å². The third-order valence-corrected chi connectivity index (χ3v) is 3.07. The molecule has 0 amide bonds. The van der Waals surface area contributed by atoms with Crippen molar-refractivity contribution in [1.82, 2.24) is 20.2 Å². The van der Waals surface area contributed by atoms with Gasteiger partial charge in [-0.05, 0) is 6.07 Å². The van der Waals surface area contributed by atoms with E-state index in [1.54, 1.807) is 13.3 Å². The van der Waals surface area contributed by atoms with Crippen molar-refractivity contribution in [2.24, 2.45) is 0 Å². The van der Waals surface area contributed by atoms with Crippen LogP contribution in [0.4, 0.5) is 17.3 Å². The molecule has 0 aliphatic rings. The fourth-order valence-electron chi connectivity index (χ4n) is 2.02. The molecule has 5 N–H and O–H groups in total. The first-order valence-electron chi connectivity index (χ1n) is 6.12. The van der Waals surface area contributed by atoms with Crippen molar-refractivity contribution < 1.29 is 4.74 Å². The average molecular weight is 283 g/mol. The lowest BCUT2D eigenvalue weighted by atomic mass is 10.2. The predicted molar refractivity (Wildman–Crippen MR) is 80.3 cm³/mol. The van der Waals surface area contributed by atoms with Gasteiger partial charge in [0.25, 0.3) is 0 Å². The first-order valence-corrected chi connectivity index (χ1v) is 6.12. The molecule has 0 saturated heterocycles. The van der Waals surface area contributed by atoms with Crippen LogP contribution in [0.1, 0.15) is 5.56 Å². The van der Waals surface area contributed by atoms with Crippen LogP contribution in [0.25, 0.3) is 10.9 Å². The highest BCUT2D eigenvalue weighted by Crippen LogP contribution is 2.32. The molecule has 0 atom stereocenters. The summed E-state index contributed by atoms with van der Waals surface area (Å²) in [6, 6.07) is 3.71. The number of aromatic amines is 1. The molecule has 0 aliphatic carbocycles. The SMILES string of the molecule is COc1cc2[nH]ncc2cc1Nc1ncnc(N)c1C=N. The fraction of sp³-hybridized carbons (Fsp3) is 0.0769. The Labute approximate surface area is 119 Å². The number of ether oxygens (including phenoxy) is 1. The minimum absolute atomic E-state index is 0.242. The average Bonchev–Trinajstić information content (AvgIpc) is 2.94. The molecule has 0 radical (unpaired) electrons. The Hall–Kier alpha value is -3.16. The van der Waals surface area contributed by atoms with Gasteiger partial charge in [-0.25, -0.2) is 9.97 Å². The summed E-state index contributed by atoms with van der Waals surface area (Å²) in [5.41, 5.74) is 7.73. The second-order valence-corrected chi connectivity index (χ2v) is 4.30. The number of nitrogens with one attached hydrogen (secondary N) is 3. The van der Waals surface area contributed by atoms with Gasteiger partial charge < -0.3 is 21.2 Å². The smallest absolute Gasteiger partial charge is 0.144 e. The molecule has 3 rings (SSSR count). The molecule has 0 aliphatic heterocycles. The van der Waals surface area contributed by atoms with Crippen LogP contribution in [-0.4, -0.2) is 33.5 Å². The monoisotopic (exact) mass is 283 g/mol. The van der Waals surface area contributed by atoms with Crippen molar-refractivity contribution in [3.05, 3.63) is 30.2 Å². The number of nitrogens with zero attached hydrogens (tertiary/aromatic N) is 3. The molecule has 106 valence electrons. The standard InChI is InChI=1S/C13H13N7O/c1-21-11-3-9-7(5-18-20-9)2-10(11)19-13-8(4-14)12(15)16-6-17-13/h2-6,14H,1H3,(H,18,20)(H3,15,16,17,19). The highest BCUT2D eigenvalue weighted by atomic mass is 16.5. The molecule has 3 aromatic rings. The van der Waals surface area contributed by atoms with E-state index in [2.05, 4.69) is 25.5 Å². The van der Waals surface area contributed by atoms with Gasteiger partial charge in [-0.3, -0.25) is 5.10 Å². The van der Waals surface area contributed by atoms with Crippen molar-refractivity contribution in [2.75, 3.05) is 18.2 Å². The highest BCUT2D eigenvalue weighted by molar-refractivity contribution is 5.93. The van der Waals surface area contributed by atoms with Gasteiger partial charge in [-0.1, -0.05) is 0 Å². The summed E-state index contributed by atoms with van der Waals surface area (Å²) in [5, 5.41) is 18.3. The van der Waals surface area contributed by atoms with Crippen LogP contribution >= 0.6 is 0 Å². The number of H-pyrrole nitrogens is 1. The Bertz CT molecular complexity index is 811. The molecule has 8 heteroatoms. The Balaban J connectivity index is 2.09. The lowest BCUT2D eigenvalue weighted by Crippen LogP contribution is -2.05. The second-order valence-electron chi connectivity index (χ2n) is 4.30. The van der Waals surface area contributed by atoms with Crippen molar-refractivity contribution in [3.63, 3.8) is 0 Å². The van der Waals surface area contributed by atoms with Crippen LogP contribution < -0.4 is 15.8 Å². The second kappa shape index (κ2) is 5.08. The van der Waals surface area contributed by atoms with E-state index >= 15 is 0 Å². The number of anilines is 3. The van der Waals surface area contributed by atoms with Crippen molar-refractivity contribution in [1.29, 1.82) is 5.41 Å². The maximum absolute atomic E-state index is 7.42. The number of aromatic nitrogens is 4. The zero-order chi connectivity index (χ0) is 14.8. The van der Waals surface area contributed by atoms with Crippen LogP contribution in [0.2, 0.25) is 0 Å². The maximum Gasteiger partial charge on any atom is 0.144 e. The molecular weight excluding hydrogens is 270 g/mol. The summed E-state index contributed by atoms with van der Waals surface area (Å²) in [4.78, 5) is 7.98. The lowest BCUT2D eigenvalue weighted by molar-refractivity contribution is 0.417. The Morgan fingerprint density at radius 3 is 3.00 bits per heavy atom. The largest absolute Gasteiger partial charge is 0.494 e. The van der Waals surface area contributed by atoms with Gasteiger partial charge in [-0.15, -0.1) is 0 Å². The lowest BCUT2D eigenvalue weighted by Gasteiger charge is -2.12. The minimum Gasteiger partial charge on any atom is -0.494 e. The quantitative estimate of drug-likeness (QED) is 0.540. The van der Waals surface area contributed by atoms with Crippen LogP contribution in [-0.2, 0) is 0 Å². The number of hydrogen-bond acceptors (Lipinski definition) is 7. The Morgan fingerprint density at radius 1 is 1.38 bits per heavy atom. The topological polar surface area (TPSA) is 126 Å². The van der Waals surface area contributed by atoms with E-state index in [4.69, 9.17) is 15.9 Å². The number of hydrogen-bond donors (Lipinski definition) is 4. The number of benzene rings is 1. The van der Waals surface area contributed by atoms with Gasteiger partial charge in [-0.2, -0.15) is 5.10 Å². The summed E-state index contributed by atoms with van der Waals surface area (Å²) >= 11 is 0. The van der Waals surface area contributed by atoms with Crippen LogP contribution in [0.5, 0.6) is 5.75 Å². The van der Waals surface area contributed by atoms with E-state index in [-0.39, 0.29) is 5.82 Å². The summed E-state index contributed by atoms with van der Waals surface area (Å²) in [5.74, 6) is 1.31. The predicted octanol–water partition coefficient (Wildman–Crippen LogP) is 1.68. The maximum atomic E-state index is 7.42. The molecule has 21 heavy (non-hydrogen) atoms. The number of nitrogens with two attached hydrogens (primary N) is 1. The number of methoxy groups -OCH3 is 1. The summed E-state index contributed by atoms with van der Waals surface area (Å²) in [6.45, 7) is 0. The van der Waals surface area contributed by atoms with Gasteiger partial charge in [0, 0.05) is 17.7 Å². The Morgan fingerprint density at radius 2 is 2.24 bits per heavy atom. The first kappa shape index (κ1) is 12.9. The number of nitrogen functional groups attached to an aromatic ring is 1.